The van der Waals surface area contributed by atoms with Crippen LogP contribution in [-0.2, 0) is 10.0 Å². The molecule has 2 aromatic carbocycles. The van der Waals surface area contributed by atoms with Gasteiger partial charge in [0.2, 0.25) is 10.0 Å². The number of fused-ring (bicyclic) bond motifs is 1. The van der Waals surface area contributed by atoms with Crippen LogP contribution in [0.2, 0.25) is 0 Å². The molecule has 0 aliphatic rings. The molecular weight excluding hydrogens is 358 g/mol. The van der Waals surface area contributed by atoms with Gasteiger partial charge < -0.3 is 9.80 Å². The molecule has 1 N–H and O–H groups in total. The minimum Gasteiger partial charge on any atom is -0.377 e. The van der Waals surface area contributed by atoms with Gasteiger partial charge in [0.1, 0.15) is 0 Å². The summed E-state index contributed by atoms with van der Waals surface area (Å²) >= 11 is 0. The van der Waals surface area contributed by atoms with E-state index in [-0.39, 0.29) is 12.4 Å². The van der Waals surface area contributed by atoms with Crippen molar-refractivity contribution in [1.82, 2.24) is 9.62 Å². The minimum absolute atomic E-state index is 0. The van der Waals surface area contributed by atoms with Crippen LogP contribution in [0.15, 0.2) is 41.3 Å². The van der Waals surface area contributed by atoms with Crippen LogP contribution >= 0.6 is 12.4 Å². The molecule has 5 nitrogen and oxygen atoms in total. The van der Waals surface area contributed by atoms with Crippen LogP contribution in [0.4, 0.5) is 5.69 Å². The normalized spacial score (nSPS) is 11.6. The molecule has 0 atom stereocenters. The van der Waals surface area contributed by atoms with E-state index in [2.05, 4.69) is 23.5 Å². The standard InChI is InChI=1S/C18H27N3O2S.ClH/c1-5-21(6-2)14-13-19-24(22,23)18-12-8-9-15-16(18)10-7-11-17(15)20(3)4;/h7-12,19H,5-6,13-14H2,1-4H3;1H. The number of sulfonamides is 1. The monoisotopic (exact) mass is 385 g/mol. The van der Waals surface area contributed by atoms with Gasteiger partial charge >= 0.3 is 0 Å². The second-order valence-corrected chi connectivity index (χ2v) is 7.68. The maximum absolute atomic E-state index is 12.7. The fourth-order valence-electron chi connectivity index (χ4n) is 2.84. The molecule has 0 radical (unpaired) electrons. The zero-order valence-electron chi connectivity index (χ0n) is 15.3. The summed E-state index contributed by atoms with van der Waals surface area (Å²) in [6.07, 6.45) is 0. The minimum atomic E-state index is -3.54. The molecule has 7 heteroatoms. The van der Waals surface area contributed by atoms with E-state index in [0.29, 0.717) is 18.0 Å². The summed E-state index contributed by atoms with van der Waals surface area (Å²) in [5.41, 5.74) is 1.01. The average Bonchev–Trinajstić information content (AvgIpc) is 2.57. The Morgan fingerprint density at radius 1 is 0.960 bits per heavy atom. The van der Waals surface area contributed by atoms with Crippen molar-refractivity contribution in [2.24, 2.45) is 0 Å². The third-order valence-corrected chi connectivity index (χ3v) is 5.76. The van der Waals surface area contributed by atoms with Gasteiger partial charge in [0, 0.05) is 43.6 Å². The zero-order chi connectivity index (χ0) is 17.7. The van der Waals surface area contributed by atoms with Gasteiger partial charge in [-0.05, 0) is 25.2 Å². The third kappa shape index (κ3) is 5.07. The van der Waals surface area contributed by atoms with Crippen molar-refractivity contribution in [3.8, 4) is 0 Å². The van der Waals surface area contributed by atoms with E-state index in [0.717, 1.165) is 29.5 Å². The van der Waals surface area contributed by atoms with E-state index >= 15 is 0 Å². The van der Waals surface area contributed by atoms with Crippen LogP contribution in [0.5, 0.6) is 0 Å². The molecule has 0 fully saturated rings. The first-order valence-electron chi connectivity index (χ1n) is 8.31. The van der Waals surface area contributed by atoms with Crippen LogP contribution in [0.3, 0.4) is 0 Å². The van der Waals surface area contributed by atoms with E-state index in [1.54, 1.807) is 12.1 Å². The summed E-state index contributed by atoms with van der Waals surface area (Å²) < 4.78 is 28.2. The number of hydrogen-bond acceptors (Lipinski definition) is 4. The van der Waals surface area contributed by atoms with Crippen molar-refractivity contribution in [2.45, 2.75) is 18.7 Å². The predicted octanol–water partition coefficient (Wildman–Crippen LogP) is 2.95. The Morgan fingerprint density at radius 2 is 1.56 bits per heavy atom. The summed E-state index contributed by atoms with van der Waals surface area (Å²) in [6, 6.07) is 11.2. The zero-order valence-corrected chi connectivity index (χ0v) is 17.0. The number of halogens is 1. The lowest BCUT2D eigenvalue weighted by molar-refractivity contribution is 0.309. The number of likely N-dealkylation sites (N-methyl/N-ethyl adjacent to an activating group) is 1. The van der Waals surface area contributed by atoms with Crippen LogP contribution in [0.25, 0.3) is 10.8 Å². The van der Waals surface area contributed by atoms with Gasteiger partial charge in [-0.3, -0.25) is 0 Å². The molecule has 0 saturated heterocycles. The molecule has 0 bridgehead atoms. The summed E-state index contributed by atoms with van der Waals surface area (Å²) in [7, 11) is 0.377. The van der Waals surface area contributed by atoms with Crippen molar-refractivity contribution >= 4 is 38.9 Å². The third-order valence-electron chi connectivity index (χ3n) is 4.24. The first-order valence-corrected chi connectivity index (χ1v) is 9.80. The molecule has 2 aromatic rings. The van der Waals surface area contributed by atoms with Crippen molar-refractivity contribution in [3.63, 3.8) is 0 Å². The smallest absolute Gasteiger partial charge is 0.241 e. The van der Waals surface area contributed by atoms with Crippen LogP contribution < -0.4 is 9.62 Å². The van der Waals surface area contributed by atoms with E-state index in [9.17, 15) is 8.42 Å². The number of benzene rings is 2. The van der Waals surface area contributed by atoms with Gasteiger partial charge in [-0.25, -0.2) is 13.1 Å². The topological polar surface area (TPSA) is 52.7 Å². The molecule has 0 spiro atoms. The van der Waals surface area contributed by atoms with E-state index in [1.807, 2.05) is 43.3 Å². The lowest BCUT2D eigenvalue weighted by atomic mass is 10.1. The second kappa shape index (κ2) is 9.38. The molecule has 0 aliphatic heterocycles. The van der Waals surface area contributed by atoms with Gasteiger partial charge in [0.15, 0.2) is 0 Å². The number of nitrogens with one attached hydrogen (secondary N) is 1. The maximum Gasteiger partial charge on any atom is 0.241 e. The van der Waals surface area contributed by atoms with Crippen molar-refractivity contribution in [3.05, 3.63) is 36.4 Å². The molecule has 0 aromatic heterocycles. The lowest BCUT2D eigenvalue weighted by Crippen LogP contribution is -2.34. The highest BCUT2D eigenvalue weighted by Crippen LogP contribution is 2.29. The molecule has 0 heterocycles. The highest BCUT2D eigenvalue weighted by atomic mass is 35.5. The van der Waals surface area contributed by atoms with Gasteiger partial charge in [0.05, 0.1) is 4.90 Å². The Kier molecular flexibility index (Phi) is 8.15. The van der Waals surface area contributed by atoms with Gasteiger partial charge in [0.25, 0.3) is 0 Å². The fourth-order valence-corrected chi connectivity index (χ4v) is 4.09. The van der Waals surface area contributed by atoms with Gasteiger partial charge in [-0.15, -0.1) is 12.4 Å². The van der Waals surface area contributed by atoms with E-state index in [4.69, 9.17) is 0 Å². The molecule has 0 amide bonds. The molecular formula is C18H28ClN3O2S. The van der Waals surface area contributed by atoms with Crippen molar-refractivity contribution in [1.29, 1.82) is 0 Å². The highest BCUT2D eigenvalue weighted by molar-refractivity contribution is 7.89. The quantitative estimate of drug-likeness (QED) is 0.759. The molecule has 0 saturated carbocycles. The SMILES string of the molecule is CCN(CC)CCNS(=O)(=O)c1cccc2c(N(C)C)cccc12.Cl. The number of nitrogens with zero attached hydrogens (tertiary/aromatic N) is 2. The predicted molar refractivity (Wildman–Crippen MR) is 108 cm³/mol. The largest absolute Gasteiger partial charge is 0.377 e. The summed E-state index contributed by atoms with van der Waals surface area (Å²) in [6.45, 7) is 7.10. The molecule has 0 unspecified atom stereocenters. The number of rotatable bonds is 8. The Labute approximate surface area is 157 Å². The number of hydrogen-bond donors (Lipinski definition) is 1. The van der Waals surface area contributed by atoms with Gasteiger partial charge in [-0.1, -0.05) is 38.1 Å². The van der Waals surface area contributed by atoms with Crippen LogP contribution in [0, 0.1) is 0 Å². The molecule has 25 heavy (non-hydrogen) atoms. The van der Waals surface area contributed by atoms with Gasteiger partial charge in [-0.2, -0.15) is 0 Å². The number of anilines is 1. The summed E-state index contributed by atoms with van der Waals surface area (Å²) in [4.78, 5) is 4.52. The van der Waals surface area contributed by atoms with E-state index < -0.39 is 10.0 Å². The van der Waals surface area contributed by atoms with Crippen molar-refractivity contribution in [2.75, 3.05) is 45.2 Å². The first-order chi connectivity index (χ1) is 11.4. The Bertz CT molecular complexity index is 790. The first kappa shape index (κ1) is 21.7. The molecule has 2 rings (SSSR count). The average molecular weight is 386 g/mol. The second-order valence-electron chi connectivity index (χ2n) is 5.95. The van der Waals surface area contributed by atoms with E-state index in [1.165, 1.54) is 0 Å². The Hall–Kier alpha value is -1.34. The van der Waals surface area contributed by atoms with Crippen LogP contribution in [-0.4, -0.2) is 53.6 Å². The van der Waals surface area contributed by atoms with Crippen LogP contribution in [0.1, 0.15) is 13.8 Å². The summed E-state index contributed by atoms with van der Waals surface area (Å²) in [5, 5.41) is 1.69. The Morgan fingerprint density at radius 3 is 2.16 bits per heavy atom. The van der Waals surface area contributed by atoms with Crippen molar-refractivity contribution < 1.29 is 8.42 Å². The molecule has 0 aliphatic carbocycles. The summed E-state index contributed by atoms with van der Waals surface area (Å²) in [5.74, 6) is 0. The maximum atomic E-state index is 12.7. The fraction of sp³-hybridized carbons (Fsp3) is 0.444. The Balaban J connectivity index is 0.00000312. The molecule has 140 valence electrons. The lowest BCUT2D eigenvalue weighted by Gasteiger charge is -2.19. The highest BCUT2D eigenvalue weighted by Gasteiger charge is 2.18.